The number of fused-ring (bicyclic) bond motifs is 1. The highest BCUT2D eigenvalue weighted by atomic mass is 35.5. The van der Waals surface area contributed by atoms with Crippen LogP contribution in [0.25, 0.3) is 11.0 Å². The van der Waals surface area contributed by atoms with Crippen molar-refractivity contribution in [2.75, 3.05) is 0 Å². The molecular formula is C15H13ClN2S. The van der Waals surface area contributed by atoms with Crippen molar-refractivity contribution in [1.29, 1.82) is 0 Å². The van der Waals surface area contributed by atoms with Gasteiger partial charge in [0, 0.05) is 6.54 Å². The lowest BCUT2D eigenvalue weighted by Gasteiger charge is -2.06. The number of imidazole rings is 1. The average molecular weight is 289 g/mol. The van der Waals surface area contributed by atoms with Crippen LogP contribution >= 0.6 is 23.8 Å². The molecule has 2 aromatic carbocycles. The Hall–Kier alpha value is -1.58. The van der Waals surface area contributed by atoms with Gasteiger partial charge in [-0.05, 0) is 36.3 Å². The lowest BCUT2D eigenvalue weighted by Crippen LogP contribution is -2.01. The molecule has 0 fully saturated rings. The summed E-state index contributed by atoms with van der Waals surface area (Å²) in [5.41, 5.74) is 3.28. The van der Waals surface area contributed by atoms with Crippen molar-refractivity contribution in [2.45, 2.75) is 13.0 Å². The van der Waals surface area contributed by atoms with Crippen molar-refractivity contribution in [3.63, 3.8) is 0 Å². The minimum atomic E-state index is 0.721. The number of H-pyrrole nitrogens is 1. The maximum atomic E-state index is 6.27. The van der Waals surface area contributed by atoms with E-state index in [0.29, 0.717) is 0 Å². The molecule has 4 heteroatoms. The van der Waals surface area contributed by atoms with Crippen LogP contribution in [-0.2, 0) is 13.0 Å². The van der Waals surface area contributed by atoms with Crippen LogP contribution in [0.1, 0.15) is 5.56 Å². The summed E-state index contributed by atoms with van der Waals surface area (Å²) in [7, 11) is 0. The van der Waals surface area contributed by atoms with E-state index in [1.165, 1.54) is 5.56 Å². The Morgan fingerprint density at radius 2 is 1.84 bits per heavy atom. The molecule has 1 heterocycles. The molecule has 0 spiro atoms. The predicted octanol–water partition coefficient (Wildman–Crippen LogP) is 4.59. The molecule has 96 valence electrons. The number of aromatic nitrogens is 2. The van der Waals surface area contributed by atoms with E-state index < -0.39 is 0 Å². The summed E-state index contributed by atoms with van der Waals surface area (Å²) in [6.45, 7) is 0.826. The Labute approximate surface area is 121 Å². The molecule has 2 nitrogen and oxygen atoms in total. The smallest absolute Gasteiger partial charge is 0.178 e. The second-order valence-corrected chi connectivity index (χ2v) is 5.25. The Balaban J connectivity index is 1.97. The molecule has 0 aliphatic heterocycles. The van der Waals surface area contributed by atoms with E-state index in [1.807, 2.05) is 24.3 Å². The van der Waals surface area contributed by atoms with Crippen LogP contribution in [0.2, 0.25) is 5.02 Å². The lowest BCUT2D eigenvalue weighted by atomic mass is 10.1. The monoisotopic (exact) mass is 288 g/mol. The van der Waals surface area contributed by atoms with E-state index in [2.05, 4.69) is 33.8 Å². The predicted molar refractivity (Wildman–Crippen MR) is 82.3 cm³/mol. The van der Waals surface area contributed by atoms with Crippen LogP contribution < -0.4 is 0 Å². The van der Waals surface area contributed by atoms with Crippen molar-refractivity contribution in [1.82, 2.24) is 9.55 Å². The van der Waals surface area contributed by atoms with Gasteiger partial charge in [-0.2, -0.15) is 0 Å². The number of nitrogens with one attached hydrogen (secondary N) is 1. The third kappa shape index (κ3) is 2.44. The number of benzene rings is 2. The van der Waals surface area contributed by atoms with Gasteiger partial charge in [0.2, 0.25) is 0 Å². The summed E-state index contributed by atoms with van der Waals surface area (Å²) in [4.78, 5) is 3.20. The molecule has 0 radical (unpaired) electrons. The van der Waals surface area contributed by atoms with Crippen LogP contribution in [0.4, 0.5) is 0 Å². The van der Waals surface area contributed by atoms with Crippen molar-refractivity contribution < 1.29 is 0 Å². The van der Waals surface area contributed by atoms with Crippen molar-refractivity contribution in [3.05, 3.63) is 63.9 Å². The molecule has 0 bridgehead atoms. The first-order valence-corrected chi connectivity index (χ1v) is 6.95. The van der Waals surface area contributed by atoms with E-state index in [4.69, 9.17) is 23.8 Å². The topological polar surface area (TPSA) is 20.7 Å². The van der Waals surface area contributed by atoms with Crippen molar-refractivity contribution >= 4 is 34.9 Å². The maximum absolute atomic E-state index is 6.27. The molecule has 19 heavy (non-hydrogen) atoms. The van der Waals surface area contributed by atoms with Gasteiger partial charge in [0.1, 0.15) is 0 Å². The highest BCUT2D eigenvalue weighted by Crippen LogP contribution is 2.23. The summed E-state index contributed by atoms with van der Waals surface area (Å²) < 4.78 is 2.79. The van der Waals surface area contributed by atoms with Crippen LogP contribution in [0.5, 0.6) is 0 Å². The van der Waals surface area contributed by atoms with E-state index in [0.717, 1.165) is 33.8 Å². The Bertz CT molecular complexity index is 759. The van der Waals surface area contributed by atoms with E-state index in [1.54, 1.807) is 0 Å². The van der Waals surface area contributed by atoms with Gasteiger partial charge in [-0.3, -0.25) is 0 Å². The molecule has 0 atom stereocenters. The Morgan fingerprint density at radius 1 is 1.05 bits per heavy atom. The fourth-order valence-corrected chi connectivity index (χ4v) is 2.84. The van der Waals surface area contributed by atoms with Crippen LogP contribution in [-0.4, -0.2) is 9.55 Å². The summed E-state index contributed by atoms with van der Waals surface area (Å²) in [5, 5.41) is 0.734. The third-order valence-electron chi connectivity index (χ3n) is 3.21. The van der Waals surface area contributed by atoms with Crippen LogP contribution in [0.3, 0.4) is 0 Å². The first-order valence-electron chi connectivity index (χ1n) is 6.16. The summed E-state index contributed by atoms with van der Waals surface area (Å²) >= 11 is 11.6. The standard InChI is InChI=1S/C15H13ClN2S/c16-12-7-4-8-13-14(12)18(15(19)17-13)10-9-11-5-2-1-3-6-11/h1-8H,9-10H2,(H,17,19). The van der Waals surface area contributed by atoms with Crippen molar-refractivity contribution in [3.8, 4) is 0 Å². The zero-order chi connectivity index (χ0) is 13.2. The Morgan fingerprint density at radius 3 is 2.63 bits per heavy atom. The molecule has 3 rings (SSSR count). The first kappa shape index (κ1) is 12.5. The van der Waals surface area contributed by atoms with Gasteiger partial charge < -0.3 is 9.55 Å². The van der Waals surface area contributed by atoms with E-state index >= 15 is 0 Å². The lowest BCUT2D eigenvalue weighted by molar-refractivity contribution is 0.706. The van der Waals surface area contributed by atoms with E-state index in [-0.39, 0.29) is 0 Å². The minimum Gasteiger partial charge on any atom is -0.331 e. The third-order valence-corrected chi connectivity index (χ3v) is 3.84. The molecule has 0 unspecified atom stereocenters. The number of halogens is 1. The van der Waals surface area contributed by atoms with Gasteiger partial charge in [0.15, 0.2) is 4.77 Å². The van der Waals surface area contributed by atoms with Gasteiger partial charge in [-0.15, -0.1) is 0 Å². The number of hydrogen-bond donors (Lipinski definition) is 1. The van der Waals surface area contributed by atoms with Gasteiger partial charge in [-0.1, -0.05) is 48.0 Å². The van der Waals surface area contributed by atoms with Gasteiger partial charge in [-0.25, -0.2) is 0 Å². The molecule has 3 aromatic rings. The highest BCUT2D eigenvalue weighted by Gasteiger charge is 2.07. The molecule has 0 aliphatic carbocycles. The summed E-state index contributed by atoms with van der Waals surface area (Å²) in [6, 6.07) is 16.2. The SMILES string of the molecule is S=c1[nH]c2cccc(Cl)c2n1CCc1ccccc1. The molecular weight excluding hydrogens is 276 g/mol. The number of aromatic amines is 1. The molecule has 0 saturated carbocycles. The number of para-hydroxylation sites is 1. The molecule has 0 amide bonds. The van der Waals surface area contributed by atoms with E-state index in [9.17, 15) is 0 Å². The minimum absolute atomic E-state index is 0.721. The van der Waals surface area contributed by atoms with Crippen LogP contribution in [0.15, 0.2) is 48.5 Å². The molecule has 0 saturated heterocycles. The van der Waals surface area contributed by atoms with Crippen LogP contribution in [0, 0.1) is 4.77 Å². The Kier molecular flexibility index (Phi) is 3.40. The fraction of sp³-hybridized carbons (Fsp3) is 0.133. The summed E-state index contributed by atoms with van der Waals surface area (Å²) in [5.74, 6) is 0. The zero-order valence-corrected chi connectivity index (χ0v) is 11.8. The first-order chi connectivity index (χ1) is 9.25. The molecule has 1 aromatic heterocycles. The van der Waals surface area contributed by atoms with Gasteiger partial charge in [0.05, 0.1) is 16.1 Å². The largest absolute Gasteiger partial charge is 0.331 e. The van der Waals surface area contributed by atoms with Gasteiger partial charge in [0.25, 0.3) is 0 Å². The average Bonchev–Trinajstić information content (AvgIpc) is 2.75. The van der Waals surface area contributed by atoms with Crippen molar-refractivity contribution in [2.24, 2.45) is 0 Å². The molecule has 1 N–H and O–H groups in total. The highest BCUT2D eigenvalue weighted by molar-refractivity contribution is 7.71. The number of nitrogens with zero attached hydrogens (tertiary/aromatic N) is 1. The second kappa shape index (κ2) is 5.19. The van der Waals surface area contributed by atoms with Gasteiger partial charge >= 0.3 is 0 Å². The maximum Gasteiger partial charge on any atom is 0.178 e. The number of rotatable bonds is 3. The fourth-order valence-electron chi connectivity index (χ4n) is 2.27. The normalized spacial score (nSPS) is 11.0. The number of hydrogen-bond acceptors (Lipinski definition) is 1. The zero-order valence-electron chi connectivity index (χ0n) is 10.3. The number of aryl methyl sites for hydroxylation is 2. The quantitative estimate of drug-likeness (QED) is 0.699. The molecule has 0 aliphatic rings. The second-order valence-electron chi connectivity index (χ2n) is 4.45. The summed E-state index contributed by atoms with van der Waals surface area (Å²) in [6.07, 6.45) is 0.938.